The zero-order chi connectivity index (χ0) is 26.2. The number of fused-ring (bicyclic) bond motifs is 2. The summed E-state index contributed by atoms with van der Waals surface area (Å²) in [5, 5.41) is 22.9. The molecule has 0 unspecified atom stereocenters. The van der Waals surface area contributed by atoms with Crippen LogP contribution in [0.3, 0.4) is 0 Å². The van der Waals surface area contributed by atoms with Gasteiger partial charge in [0, 0.05) is 32.9 Å². The predicted octanol–water partition coefficient (Wildman–Crippen LogP) is 1.77. The zero-order valence-electron chi connectivity index (χ0n) is 21.4. The number of aromatic nitrogens is 5. The van der Waals surface area contributed by atoms with Crippen LogP contribution in [0.5, 0.6) is 0 Å². The molecule has 3 aromatic heterocycles. The summed E-state index contributed by atoms with van der Waals surface area (Å²) in [6.07, 6.45) is 8.10. The van der Waals surface area contributed by atoms with E-state index < -0.39 is 12.0 Å². The number of carboxylic acids is 1. The number of hydrogen-bond acceptors (Lipinski definition) is 9. The van der Waals surface area contributed by atoms with Crippen molar-refractivity contribution in [2.75, 3.05) is 50.9 Å². The minimum atomic E-state index is -0.989. The zero-order valence-corrected chi connectivity index (χ0v) is 21.4. The van der Waals surface area contributed by atoms with Crippen LogP contribution in [0, 0.1) is 0 Å². The Kier molecular flexibility index (Phi) is 8.83. The lowest BCUT2D eigenvalue weighted by molar-refractivity contribution is -0.138. The van der Waals surface area contributed by atoms with Crippen LogP contribution < -0.4 is 10.6 Å². The highest BCUT2D eigenvalue weighted by Gasteiger charge is 2.22. The summed E-state index contributed by atoms with van der Waals surface area (Å²) in [6, 6.07) is 3.39. The molecule has 4 heterocycles. The minimum absolute atomic E-state index is 0.0165. The number of hydrogen-bond donors (Lipinski definition) is 4. The van der Waals surface area contributed by atoms with Gasteiger partial charge in [-0.2, -0.15) is 5.10 Å². The third-order valence-corrected chi connectivity index (χ3v) is 6.55. The highest BCUT2D eigenvalue weighted by atomic mass is 16.4. The van der Waals surface area contributed by atoms with Crippen molar-refractivity contribution in [1.82, 2.24) is 34.9 Å². The van der Waals surface area contributed by atoms with Gasteiger partial charge in [-0.05, 0) is 56.7 Å². The summed E-state index contributed by atoms with van der Waals surface area (Å²) >= 11 is 0. The standard InChI is InChI=1S/C25H35N9O3/c1-33(2)21(35)15-34(12-4-3-7-18-9-8-17-6-5-11-26-23(17)30-18)13-10-19(25(36)37)31-24-22-20(14-29-32-22)27-16-28-24/h8-9,14,16,19H,3-7,10-13,15H2,1-2H3,(H,26,30)(H,29,32)(H,36,37)(H,27,28,31)/t19-/m0/s1. The number of pyridine rings is 1. The lowest BCUT2D eigenvalue weighted by Crippen LogP contribution is -2.40. The average molecular weight is 510 g/mol. The van der Waals surface area contributed by atoms with Crippen molar-refractivity contribution in [3.05, 3.63) is 35.9 Å². The normalized spacial score (nSPS) is 13.7. The Bertz CT molecular complexity index is 1210. The first kappa shape index (κ1) is 26.3. The van der Waals surface area contributed by atoms with Crippen molar-refractivity contribution in [2.45, 2.75) is 44.6 Å². The number of rotatable bonds is 13. The Labute approximate surface area is 215 Å². The van der Waals surface area contributed by atoms with Gasteiger partial charge in [0.15, 0.2) is 5.82 Å². The topological polar surface area (TPSA) is 152 Å². The van der Waals surface area contributed by atoms with Crippen LogP contribution in [0.2, 0.25) is 0 Å². The molecule has 0 bridgehead atoms. The second kappa shape index (κ2) is 12.4. The number of nitrogens with zero attached hydrogens (tertiary/aromatic N) is 6. The lowest BCUT2D eigenvalue weighted by Gasteiger charge is -2.25. The molecule has 1 atom stereocenters. The molecular weight excluding hydrogens is 474 g/mol. The fourth-order valence-corrected chi connectivity index (χ4v) is 4.36. The molecule has 1 amide bonds. The van der Waals surface area contributed by atoms with Gasteiger partial charge in [0.05, 0.1) is 12.7 Å². The number of aryl methyl sites for hydroxylation is 2. The van der Waals surface area contributed by atoms with Crippen LogP contribution >= 0.6 is 0 Å². The summed E-state index contributed by atoms with van der Waals surface area (Å²) in [4.78, 5) is 41.1. The van der Waals surface area contributed by atoms with E-state index in [9.17, 15) is 14.7 Å². The number of unbranched alkanes of at least 4 members (excludes halogenated alkanes) is 1. The first-order valence-electron chi connectivity index (χ1n) is 12.7. The van der Waals surface area contributed by atoms with Crippen LogP contribution in [0.25, 0.3) is 11.0 Å². The maximum Gasteiger partial charge on any atom is 0.326 e. The van der Waals surface area contributed by atoms with Crippen molar-refractivity contribution in [3.63, 3.8) is 0 Å². The van der Waals surface area contributed by atoms with E-state index in [0.29, 0.717) is 36.4 Å². The van der Waals surface area contributed by atoms with E-state index in [1.165, 1.54) is 11.9 Å². The molecule has 0 fully saturated rings. The number of aliphatic carboxylic acids is 1. The SMILES string of the molecule is CN(C)C(=O)CN(CCCCc1ccc2c(n1)NCCC2)CC[C@H](Nc1ncnc2cn[nH]c12)C(=O)O. The molecule has 0 aliphatic carbocycles. The van der Waals surface area contributed by atoms with E-state index >= 15 is 0 Å². The third-order valence-electron chi connectivity index (χ3n) is 6.55. The van der Waals surface area contributed by atoms with Crippen molar-refractivity contribution in [2.24, 2.45) is 0 Å². The minimum Gasteiger partial charge on any atom is -0.480 e. The van der Waals surface area contributed by atoms with E-state index in [2.05, 4.69) is 42.9 Å². The fourth-order valence-electron chi connectivity index (χ4n) is 4.36. The number of aromatic amines is 1. The number of likely N-dealkylation sites (N-methyl/N-ethyl adjacent to an activating group) is 1. The Morgan fingerprint density at radius 1 is 1.19 bits per heavy atom. The van der Waals surface area contributed by atoms with E-state index in [1.54, 1.807) is 25.2 Å². The van der Waals surface area contributed by atoms with E-state index in [-0.39, 0.29) is 12.5 Å². The number of carbonyl (C=O) groups excluding carboxylic acids is 1. The molecule has 1 aliphatic rings. The van der Waals surface area contributed by atoms with Gasteiger partial charge in [0.2, 0.25) is 5.91 Å². The number of nitrogens with one attached hydrogen (secondary N) is 3. The molecular formula is C25H35N9O3. The molecule has 0 saturated carbocycles. The largest absolute Gasteiger partial charge is 0.480 e. The Balaban J connectivity index is 1.32. The molecule has 4 N–H and O–H groups in total. The summed E-state index contributed by atoms with van der Waals surface area (Å²) in [5.74, 6) is 0.387. The number of carboxylic acid groups (broad SMARTS) is 1. The molecule has 12 nitrogen and oxygen atoms in total. The maximum atomic E-state index is 12.4. The van der Waals surface area contributed by atoms with Crippen LogP contribution in [-0.2, 0) is 22.4 Å². The van der Waals surface area contributed by atoms with Crippen molar-refractivity contribution in [3.8, 4) is 0 Å². The fraction of sp³-hybridized carbons (Fsp3) is 0.520. The monoisotopic (exact) mass is 509 g/mol. The average Bonchev–Trinajstić information content (AvgIpc) is 3.38. The lowest BCUT2D eigenvalue weighted by atomic mass is 10.1. The molecule has 4 rings (SSSR count). The molecule has 0 aromatic carbocycles. The summed E-state index contributed by atoms with van der Waals surface area (Å²) in [6.45, 7) is 2.34. The van der Waals surface area contributed by atoms with Crippen LogP contribution in [0.15, 0.2) is 24.7 Å². The van der Waals surface area contributed by atoms with Crippen molar-refractivity contribution < 1.29 is 14.7 Å². The predicted molar refractivity (Wildman–Crippen MR) is 140 cm³/mol. The van der Waals surface area contributed by atoms with Crippen LogP contribution in [-0.4, -0.2) is 98.2 Å². The highest BCUT2D eigenvalue weighted by Crippen LogP contribution is 2.20. The summed E-state index contributed by atoms with van der Waals surface area (Å²) < 4.78 is 0. The van der Waals surface area contributed by atoms with Crippen LogP contribution in [0.4, 0.5) is 11.6 Å². The maximum absolute atomic E-state index is 12.4. The van der Waals surface area contributed by atoms with Gasteiger partial charge in [0.1, 0.15) is 29.2 Å². The second-order valence-electron chi connectivity index (χ2n) is 9.54. The van der Waals surface area contributed by atoms with Gasteiger partial charge < -0.3 is 20.6 Å². The molecule has 37 heavy (non-hydrogen) atoms. The first-order chi connectivity index (χ1) is 17.9. The molecule has 0 saturated heterocycles. The molecule has 12 heteroatoms. The summed E-state index contributed by atoms with van der Waals surface area (Å²) in [5.41, 5.74) is 3.50. The van der Waals surface area contributed by atoms with Crippen molar-refractivity contribution >= 4 is 34.5 Å². The number of anilines is 2. The number of amides is 1. The van der Waals surface area contributed by atoms with Gasteiger partial charge in [-0.15, -0.1) is 0 Å². The Hall–Kier alpha value is -3.80. The third kappa shape index (κ3) is 7.13. The number of carbonyl (C=O) groups is 2. The van der Waals surface area contributed by atoms with E-state index in [4.69, 9.17) is 4.98 Å². The van der Waals surface area contributed by atoms with E-state index in [0.717, 1.165) is 50.2 Å². The van der Waals surface area contributed by atoms with Gasteiger partial charge in [-0.1, -0.05) is 6.07 Å². The van der Waals surface area contributed by atoms with Gasteiger partial charge >= 0.3 is 5.97 Å². The molecule has 198 valence electrons. The molecule has 0 spiro atoms. The second-order valence-corrected chi connectivity index (χ2v) is 9.54. The molecule has 1 aliphatic heterocycles. The van der Waals surface area contributed by atoms with Gasteiger partial charge in [-0.25, -0.2) is 19.7 Å². The van der Waals surface area contributed by atoms with Gasteiger partial charge in [-0.3, -0.25) is 14.8 Å². The Morgan fingerprint density at radius 3 is 2.86 bits per heavy atom. The smallest absolute Gasteiger partial charge is 0.326 e. The van der Waals surface area contributed by atoms with Crippen molar-refractivity contribution in [1.29, 1.82) is 0 Å². The molecule has 0 radical (unpaired) electrons. The van der Waals surface area contributed by atoms with Gasteiger partial charge in [0.25, 0.3) is 0 Å². The van der Waals surface area contributed by atoms with E-state index in [1.807, 2.05) is 4.90 Å². The number of H-pyrrole nitrogens is 1. The highest BCUT2D eigenvalue weighted by molar-refractivity contribution is 5.87. The quantitative estimate of drug-likeness (QED) is 0.251. The Morgan fingerprint density at radius 2 is 2.05 bits per heavy atom. The summed E-state index contributed by atoms with van der Waals surface area (Å²) in [7, 11) is 3.45. The first-order valence-corrected chi connectivity index (χ1v) is 12.7. The van der Waals surface area contributed by atoms with Crippen LogP contribution in [0.1, 0.15) is 36.9 Å². The molecule has 3 aromatic rings.